The van der Waals surface area contributed by atoms with E-state index in [-0.39, 0.29) is 6.10 Å². The second-order valence-electron chi connectivity index (χ2n) is 3.45. The molecule has 0 atom stereocenters. The van der Waals surface area contributed by atoms with E-state index < -0.39 is 0 Å². The van der Waals surface area contributed by atoms with Gasteiger partial charge in [-0.25, -0.2) is 0 Å². The zero-order valence-electron chi connectivity index (χ0n) is 8.30. The highest BCUT2D eigenvalue weighted by atomic mass is 35.5. The Labute approximate surface area is 84.7 Å². The average molecular weight is 199 g/mol. The molecule has 0 aliphatic carbocycles. The van der Waals surface area contributed by atoms with Crippen LogP contribution in [0.2, 0.25) is 0 Å². The minimum atomic E-state index is 0.213. The van der Waals surface area contributed by atoms with Crippen molar-refractivity contribution in [3.8, 4) is 5.75 Å². The van der Waals surface area contributed by atoms with Gasteiger partial charge in [0.25, 0.3) is 0 Å². The third-order valence-corrected chi connectivity index (χ3v) is 1.95. The summed E-state index contributed by atoms with van der Waals surface area (Å²) in [5.41, 5.74) is 2.30. The first-order chi connectivity index (χ1) is 6.11. The van der Waals surface area contributed by atoms with Crippen LogP contribution in [0.3, 0.4) is 0 Å². The van der Waals surface area contributed by atoms with Gasteiger partial charge in [-0.2, -0.15) is 0 Å². The van der Waals surface area contributed by atoms with Gasteiger partial charge in [0, 0.05) is 5.88 Å². The Morgan fingerprint density at radius 3 is 2.54 bits per heavy atom. The van der Waals surface area contributed by atoms with E-state index in [0.717, 1.165) is 11.3 Å². The fraction of sp³-hybridized carbons (Fsp3) is 0.455. The zero-order valence-corrected chi connectivity index (χ0v) is 9.06. The van der Waals surface area contributed by atoms with E-state index in [2.05, 4.69) is 6.07 Å². The quantitative estimate of drug-likeness (QED) is 0.676. The van der Waals surface area contributed by atoms with E-state index in [9.17, 15) is 0 Å². The highest BCUT2D eigenvalue weighted by molar-refractivity contribution is 6.17. The van der Waals surface area contributed by atoms with Crippen LogP contribution in [0.4, 0.5) is 0 Å². The lowest BCUT2D eigenvalue weighted by atomic mass is 10.1. The molecule has 0 saturated carbocycles. The molecule has 0 fully saturated rings. The molecule has 1 aromatic rings. The van der Waals surface area contributed by atoms with Crippen LogP contribution >= 0.6 is 11.6 Å². The summed E-state index contributed by atoms with van der Waals surface area (Å²) in [6.07, 6.45) is 0.213. The number of alkyl halides is 1. The molecular formula is C11H15ClO. The van der Waals surface area contributed by atoms with Gasteiger partial charge in [-0.1, -0.05) is 6.07 Å². The molecule has 0 N–H and O–H groups in total. The maximum atomic E-state index is 5.75. The van der Waals surface area contributed by atoms with Crippen molar-refractivity contribution in [2.45, 2.75) is 32.8 Å². The molecule has 0 aliphatic heterocycles. The van der Waals surface area contributed by atoms with Gasteiger partial charge in [0.05, 0.1) is 6.10 Å². The van der Waals surface area contributed by atoms with Crippen molar-refractivity contribution in [2.75, 3.05) is 0 Å². The summed E-state index contributed by atoms with van der Waals surface area (Å²) in [7, 11) is 0. The lowest BCUT2D eigenvalue weighted by Gasteiger charge is -2.11. The predicted octanol–water partition coefficient (Wildman–Crippen LogP) is 3.52. The monoisotopic (exact) mass is 198 g/mol. The number of ether oxygens (including phenoxy) is 1. The van der Waals surface area contributed by atoms with Crippen molar-refractivity contribution in [3.63, 3.8) is 0 Å². The normalized spacial score (nSPS) is 10.5. The summed E-state index contributed by atoms with van der Waals surface area (Å²) in [5, 5.41) is 0. The molecule has 1 rings (SSSR count). The number of halogens is 1. The van der Waals surface area contributed by atoms with E-state index >= 15 is 0 Å². The van der Waals surface area contributed by atoms with Crippen molar-refractivity contribution in [1.29, 1.82) is 0 Å². The van der Waals surface area contributed by atoms with Gasteiger partial charge in [0.15, 0.2) is 0 Å². The van der Waals surface area contributed by atoms with Gasteiger partial charge in [-0.3, -0.25) is 0 Å². The summed E-state index contributed by atoms with van der Waals surface area (Å²) in [4.78, 5) is 0. The highest BCUT2D eigenvalue weighted by Gasteiger charge is 2.00. The van der Waals surface area contributed by atoms with Crippen LogP contribution < -0.4 is 4.74 Å². The predicted molar refractivity (Wildman–Crippen MR) is 56.5 cm³/mol. The molecule has 0 unspecified atom stereocenters. The molecule has 0 saturated heterocycles. The first-order valence-corrected chi connectivity index (χ1v) is 4.98. The maximum absolute atomic E-state index is 5.75. The molecule has 1 nitrogen and oxygen atoms in total. The Kier molecular flexibility index (Phi) is 3.61. The minimum absolute atomic E-state index is 0.213. The van der Waals surface area contributed by atoms with Gasteiger partial charge >= 0.3 is 0 Å². The third-order valence-electron chi connectivity index (χ3n) is 1.64. The highest BCUT2D eigenvalue weighted by Crippen LogP contribution is 2.19. The van der Waals surface area contributed by atoms with Crippen LogP contribution in [0.5, 0.6) is 5.75 Å². The number of hydrogen-bond acceptors (Lipinski definition) is 1. The van der Waals surface area contributed by atoms with Gasteiger partial charge in [0.2, 0.25) is 0 Å². The van der Waals surface area contributed by atoms with E-state index in [1.54, 1.807) is 0 Å². The second kappa shape index (κ2) is 4.52. The maximum Gasteiger partial charge on any atom is 0.120 e. The van der Waals surface area contributed by atoms with E-state index in [4.69, 9.17) is 16.3 Å². The Bertz CT molecular complexity index is 281. The van der Waals surface area contributed by atoms with Crippen molar-refractivity contribution in [1.82, 2.24) is 0 Å². The van der Waals surface area contributed by atoms with Crippen LogP contribution in [-0.2, 0) is 5.88 Å². The van der Waals surface area contributed by atoms with Crippen LogP contribution in [0.15, 0.2) is 18.2 Å². The van der Waals surface area contributed by atoms with Crippen molar-refractivity contribution in [2.24, 2.45) is 0 Å². The zero-order chi connectivity index (χ0) is 9.84. The second-order valence-corrected chi connectivity index (χ2v) is 3.72. The Hall–Kier alpha value is -0.690. The summed E-state index contributed by atoms with van der Waals surface area (Å²) >= 11 is 5.75. The molecule has 2 heteroatoms. The summed E-state index contributed by atoms with van der Waals surface area (Å²) in [6, 6.07) is 6.08. The molecule has 0 spiro atoms. The Morgan fingerprint density at radius 1 is 1.31 bits per heavy atom. The lowest BCUT2D eigenvalue weighted by molar-refractivity contribution is 0.242. The first-order valence-electron chi connectivity index (χ1n) is 4.45. The lowest BCUT2D eigenvalue weighted by Crippen LogP contribution is -2.05. The summed E-state index contributed by atoms with van der Waals surface area (Å²) in [5.74, 6) is 1.45. The fourth-order valence-electron chi connectivity index (χ4n) is 1.24. The molecule has 0 heterocycles. The SMILES string of the molecule is Cc1cc(CCl)cc(OC(C)C)c1. The van der Waals surface area contributed by atoms with E-state index in [0.29, 0.717) is 5.88 Å². The fourth-order valence-corrected chi connectivity index (χ4v) is 1.40. The van der Waals surface area contributed by atoms with Crippen molar-refractivity contribution >= 4 is 11.6 Å². The first kappa shape index (κ1) is 10.4. The van der Waals surface area contributed by atoms with Crippen LogP contribution in [-0.4, -0.2) is 6.10 Å². The third kappa shape index (κ3) is 3.27. The van der Waals surface area contributed by atoms with E-state index in [1.807, 2.05) is 32.9 Å². The molecular weight excluding hydrogens is 184 g/mol. The number of rotatable bonds is 3. The standard InChI is InChI=1S/C11H15ClO/c1-8(2)13-11-5-9(3)4-10(6-11)7-12/h4-6,8H,7H2,1-3H3. The van der Waals surface area contributed by atoms with Crippen molar-refractivity contribution in [3.05, 3.63) is 29.3 Å². The molecule has 0 radical (unpaired) electrons. The van der Waals surface area contributed by atoms with Crippen LogP contribution in [0.1, 0.15) is 25.0 Å². The molecule has 0 aliphatic rings. The molecule has 0 amide bonds. The largest absolute Gasteiger partial charge is 0.491 e. The van der Waals surface area contributed by atoms with Gasteiger partial charge in [-0.15, -0.1) is 11.6 Å². The van der Waals surface area contributed by atoms with Crippen LogP contribution in [0.25, 0.3) is 0 Å². The topological polar surface area (TPSA) is 9.23 Å². The van der Waals surface area contributed by atoms with Gasteiger partial charge in [0.1, 0.15) is 5.75 Å². The number of benzene rings is 1. The molecule has 0 bridgehead atoms. The van der Waals surface area contributed by atoms with Gasteiger partial charge in [-0.05, 0) is 44.0 Å². The number of hydrogen-bond donors (Lipinski definition) is 0. The van der Waals surface area contributed by atoms with Gasteiger partial charge < -0.3 is 4.74 Å². The molecule has 1 aromatic carbocycles. The molecule has 0 aromatic heterocycles. The van der Waals surface area contributed by atoms with Crippen molar-refractivity contribution < 1.29 is 4.74 Å². The molecule has 72 valence electrons. The Balaban J connectivity index is 2.88. The number of aryl methyl sites for hydroxylation is 1. The van der Waals surface area contributed by atoms with E-state index in [1.165, 1.54) is 5.56 Å². The molecule has 13 heavy (non-hydrogen) atoms. The smallest absolute Gasteiger partial charge is 0.120 e. The summed E-state index contributed by atoms with van der Waals surface area (Å²) < 4.78 is 5.58. The average Bonchev–Trinajstić information content (AvgIpc) is 2.01. The summed E-state index contributed by atoms with van der Waals surface area (Å²) in [6.45, 7) is 6.08. The minimum Gasteiger partial charge on any atom is -0.491 e. The Morgan fingerprint density at radius 2 is 2.00 bits per heavy atom. The van der Waals surface area contributed by atoms with Crippen LogP contribution in [0, 0.1) is 6.92 Å².